The molecule has 11 heavy (non-hydrogen) atoms. The molecular weight excluding hydrogens is 224 g/mol. The molecule has 0 unspecified atom stereocenters. The van der Waals surface area contributed by atoms with E-state index in [-0.39, 0.29) is 0 Å². The van der Waals surface area contributed by atoms with E-state index in [1.54, 1.807) is 11.3 Å². The molecule has 3 heteroatoms. The Kier molecular flexibility index (Phi) is 1.82. The van der Waals surface area contributed by atoms with Gasteiger partial charge in [-0.1, -0.05) is 0 Å². The van der Waals surface area contributed by atoms with Gasteiger partial charge in [-0.05, 0) is 46.6 Å². The molecule has 0 atom stereocenters. The van der Waals surface area contributed by atoms with Crippen LogP contribution in [-0.2, 0) is 5.60 Å². The highest BCUT2D eigenvalue weighted by atomic mass is 79.9. The van der Waals surface area contributed by atoms with Crippen molar-refractivity contribution in [3.05, 3.63) is 20.8 Å². The Morgan fingerprint density at radius 1 is 1.55 bits per heavy atom. The van der Waals surface area contributed by atoms with E-state index in [1.807, 2.05) is 11.4 Å². The van der Waals surface area contributed by atoms with Crippen LogP contribution in [0.2, 0.25) is 0 Å². The molecule has 1 fully saturated rings. The van der Waals surface area contributed by atoms with Gasteiger partial charge in [0.1, 0.15) is 0 Å². The van der Waals surface area contributed by atoms with Crippen molar-refractivity contribution < 1.29 is 5.11 Å². The lowest BCUT2D eigenvalue weighted by Gasteiger charge is -2.36. The lowest BCUT2D eigenvalue weighted by atomic mass is 9.79. The van der Waals surface area contributed by atoms with E-state index in [0.29, 0.717) is 0 Å². The number of hydrogen-bond donors (Lipinski definition) is 1. The Morgan fingerprint density at radius 3 is 2.64 bits per heavy atom. The van der Waals surface area contributed by atoms with Crippen molar-refractivity contribution in [3.8, 4) is 0 Å². The van der Waals surface area contributed by atoms with E-state index < -0.39 is 5.60 Å². The lowest BCUT2D eigenvalue weighted by molar-refractivity contribution is -0.0360. The van der Waals surface area contributed by atoms with Gasteiger partial charge in [-0.3, -0.25) is 0 Å². The predicted octanol–water partition coefficient (Wildman–Crippen LogP) is 2.88. The summed E-state index contributed by atoms with van der Waals surface area (Å²) in [6.07, 6.45) is 3.00. The molecule has 1 nitrogen and oxygen atoms in total. The average Bonchev–Trinajstić information content (AvgIpc) is 2.30. The first kappa shape index (κ1) is 7.77. The van der Waals surface area contributed by atoms with Gasteiger partial charge in [-0.2, -0.15) is 0 Å². The zero-order valence-electron chi connectivity index (χ0n) is 6.01. The highest BCUT2D eigenvalue weighted by Crippen LogP contribution is 2.46. The van der Waals surface area contributed by atoms with Crippen LogP contribution in [-0.4, -0.2) is 5.11 Å². The third kappa shape index (κ3) is 1.15. The first-order valence-corrected chi connectivity index (χ1v) is 5.35. The summed E-state index contributed by atoms with van der Waals surface area (Å²) in [5.74, 6) is 0. The topological polar surface area (TPSA) is 20.2 Å². The Balaban J connectivity index is 2.35. The third-order valence-corrected chi connectivity index (χ3v) is 4.25. The minimum Gasteiger partial charge on any atom is -0.384 e. The molecule has 0 saturated heterocycles. The lowest BCUT2D eigenvalue weighted by Crippen LogP contribution is -2.32. The summed E-state index contributed by atoms with van der Waals surface area (Å²) in [6.45, 7) is 0. The van der Waals surface area contributed by atoms with Crippen molar-refractivity contribution in [2.24, 2.45) is 0 Å². The first-order valence-electron chi connectivity index (χ1n) is 3.68. The number of rotatable bonds is 1. The molecule has 1 aliphatic carbocycles. The van der Waals surface area contributed by atoms with E-state index in [2.05, 4.69) is 15.9 Å². The Hall–Kier alpha value is 0.140. The predicted molar refractivity (Wildman–Crippen MR) is 49.8 cm³/mol. The van der Waals surface area contributed by atoms with Gasteiger partial charge in [0.25, 0.3) is 0 Å². The summed E-state index contributed by atoms with van der Waals surface area (Å²) in [5.41, 5.74) is -0.493. The van der Waals surface area contributed by atoms with Crippen LogP contribution in [0.5, 0.6) is 0 Å². The quantitative estimate of drug-likeness (QED) is 0.790. The number of thiophene rings is 1. The zero-order chi connectivity index (χ0) is 7.90. The summed E-state index contributed by atoms with van der Waals surface area (Å²) < 4.78 is 1.06. The molecule has 1 aromatic heterocycles. The molecule has 2 rings (SSSR count). The van der Waals surface area contributed by atoms with Crippen molar-refractivity contribution in [1.29, 1.82) is 0 Å². The Bertz CT molecular complexity index is 265. The zero-order valence-corrected chi connectivity index (χ0v) is 8.41. The normalized spacial score (nSPS) is 21.3. The van der Waals surface area contributed by atoms with Gasteiger partial charge >= 0.3 is 0 Å². The molecule has 1 aliphatic rings. The maximum absolute atomic E-state index is 9.93. The Labute approximate surface area is 78.2 Å². The second-order valence-corrected chi connectivity index (χ2v) is 4.75. The van der Waals surface area contributed by atoms with Crippen LogP contribution in [0.25, 0.3) is 0 Å². The minimum absolute atomic E-state index is 0.493. The second-order valence-electron chi connectivity index (χ2n) is 2.98. The number of halogens is 1. The molecule has 0 spiro atoms. The first-order chi connectivity index (χ1) is 5.22. The molecule has 60 valence electrons. The van der Waals surface area contributed by atoms with Gasteiger partial charge in [0.2, 0.25) is 0 Å². The van der Waals surface area contributed by atoms with Crippen LogP contribution in [0.3, 0.4) is 0 Å². The van der Waals surface area contributed by atoms with Gasteiger partial charge in [0.15, 0.2) is 0 Å². The molecule has 0 bridgehead atoms. The van der Waals surface area contributed by atoms with E-state index in [0.717, 1.165) is 28.6 Å². The molecule has 1 saturated carbocycles. The van der Waals surface area contributed by atoms with Crippen LogP contribution in [0.1, 0.15) is 24.1 Å². The van der Waals surface area contributed by atoms with Crippen molar-refractivity contribution >= 4 is 27.3 Å². The standard InChI is InChI=1S/C8H9BrOS/c9-6-2-5-11-7(6)8(10)3-1-4-8/h2,5,10H,1,3-4H2. The molecule has 1 aromatic rings. The van der Waals surface area contributed by atoms with Crippen LogP contribution in [0.15, 0.2) is 15.9 Å². The molecule has 1 heterocycles. The van der Waals surface area contributed by atoms with Gasteiger partial charge in [0.05, 0.1) is 10.5 Å². The van der Waals surface area contributed by atoms with Gasteiger partial charge < -0.3 is 5.11 Å². The summed E-state index contributed by atoms with van der Waals surface area (Å²) in [5, 5.41) is 11.9. The molecule has 0 amide bonds. The van der Waals surface area contributed by atoms with Gasteiger partial charge in [-0.25, -0.2) is 0 Å². The molecule has 0 radical (unpaired) electrons. The largest absolute Gasteiger partial charge is 0.384 e. The van der Waals surface area contributed by atoms with Crippen molar-refractivity contribution in [3.63, 3.8) is 0 Å². The highest BCUT2D eigenvalue weighted by molar-refractivity contribution is 9.10. The fourth-order valence-corrected chi connectivity index (χ4v) is 3.27. The van der Waals surface area contributed by atoms with Gasteiger partial charge in [0, 0.05) is 4.47 Å². The molecule has 0 aliphatic heterocycles. The van der Waals surface area contributed by atoms with Crippen LogP contribution < -0.4 is 0 Å². The SMILES string of the molecule is OC1(c2sccc2Br)CCC1. The van der Waals surface area contributed by atoms with Crippen LogP contribution >= 0.6 is 27.3 Å². The average molecular weight is 233 g/mol. The van der Waals surface area contributed by atoms with Crippen molar-refractivity contribution in [2.75, 3.05) is 0 Å². The summed E-state index contributed by atoms with van der Waals surface area (Å²) >= 11 is 5.06. The maximum Gasteiger partial charge on any atom is 0.0999 e. The fourth-order valence-electron chi connectivity index (χ4n) is 1.36. The summed E-state index contributed by atoms with van der Waals surface area (Å²) in [4.78, 5) is 1.10. The van der Waals surface area contributed by atoms with E-state index in [4.69, 9.17) is 0 Å². The monoisotopic (exact) mass is 232 g/mol. The minimum atomic E-state index is -0.493. The third-order valence-electron chi connectivity index (χ3n) is 2.22. The van der Waals surface area contributed by atoms with Crippen molar-refractivity contribution in [1.82, 2.24) is 0 Å². The summed E-state index contributed by atoms with van der Waals surface area (Å²) in [7, 11) is 0. The van der Waals surface area contributed by atoms with Gasteiger partial charge in [-0.15, -0.1) is 11.3 Å². The maximum atomic E-state index is 9.93. The second kappa shape index (κ2) is 2.57. The van der Waals surface area contributed by atoms with Crippen molar-refractivity contribution in [2.45, 2.75) is 24.9 Å². The highest BCUT2D eigenvalue weighted by Gasteiger charge is 2.38. The number of aliphatic hydroxyl groups is 1. The Morgan fingerprint density at radius 2 is 2.27 bits per heavy atom. The van der Waals surface area contributed by atoms with Crippen LogP contribution in [0.4, 0.5) is 0 Å². The van der Waals surface area contributed by atoms with E-state index >= 15 is 0 Å². The van der Waals surface area contributed by atoms with E-state index in [9.17, 15) is 5.11 Å². The molecule has 1 N–H and O–H groups in total. The summed E-state index contributed by atoms with van der Waals surface area (Å²) in [6, 6.07) is 2.00. The fraction of sp³-hybridized carbons (Fsp3) is 0.500. The molecular formula is C8H9BrOS. The molecule has 0 aromatic carbocycles. The van der Waals surface area contributed by atoms with E-state index in [1.165, 1.54) is 0 Å². The smallest absolute Gasteiger partial charge is 0.0999 e. The van der Waals surface area contributed by atoms with Crippen LogP contribution in [0, 0.1) is 0 Å². The number of hydrogen-bond acceptors (Lipinski definition) is 2.